The van der Waals surface area contributed by atoms with Crippen LogP contribution in [0.15, 0.2) is 18.2 Å². The summed E-state index contributed by atoms with van der Waals surface area (Å²) in [5.74, 6) is -1.86. The first-order chi connectivity index (χ1) is 9.89. The molecule has 0 aromatic heterocycles. The molecule has 1 aromatic rings. The van der Waals surface area contributed by atoms with Crippen LogP contribution in [0, 0.1) is 5.41 Å². The summed E-state index contributed by atoms with van der Waals surface area (Å²) in [5, 5.41) is 28.2. The zero-order valence-corrected chi connectivity index (χ0v) is 11.9. The van der Waals surface area contributed by atoms with E-state index < -0.39 is 11.4 Å². The second-order valence-corrected chi connectivity index (χ2v) is 5.47. The minimum Gasteiger partial charge on any atom is -0.504 e. The Balaban J connectivity index is 2.22. The molecule has 6 heteroatoms. The molecule has 2 rings (SSSR count). The molecule has 21 heavy (non-hydrogen) atoms. The summed E-state index contributed by atoms with van der Waals surface area (Å²) >= 11 is 0. The fraction of sp³-hybridized carbons (Fsp3) is 0.467. The molecule has 1 atom stereocenters. The van der Waals surface area contributed by atoms with Crippen molar-refractivity contribution in [1.82, 2.24) is 4.90 Å². The molecule has 1 aromatic carbocycles. The summed E-state index contributed by atoms with van der Waals surface area (Å²) in [6, 6.07) is 3.86. The van der Waals surface area contributed by atoms with Gasteiger partial charge >= 0.3 is 5.97 Å². The summed E-state index contributed by atoms with van der Waals surface area (Å²) in [6.45, 7) is 2.48. The van der Waals surface area contributed by atoms with Crippen molar-refractivity contribution in [2.24, 2.45) is 5.41 Å². The molecule has 1 heterocycles. The average Bonchev–Trinajstić information content (AvgIpc) is 2.49. The number of amides is 1. The van der Waals surface area contributed by atoms with E-state index in [1.54, 1.807) is 0 Å². The number of aliphatic carboxylic acids is 1. The van der Waals surface area contributed by atoms with Crippen LogP contribution in [0.2, 0.25) is 0 Å². The van der Waals surface area contributed by atoms with E-state index in [0.717, 1.165) is 0 Å². The smallest absolute Gasteiger partial charge is 0.311 e. The number of nitrogens with zero attached hydrogens (tertiary/aromatic N) is 1. The van der Waals surface area contributed by atoms with Gasteiger partial charge in [-0.2, -0.15) is 0 Å². The van der Waals surface area contributed by atoms with Crippen LogP contribution >= 0.6 is 0 Å². The Morgan fingerprint density at radius 1 is 1.29 bits per heavy atom. The molecule has 6 nitrogen and oxygen atoms in total. The van der Waals surface area contributed by atoms with Gasteiger partial charge in [-0.1, -0.05) is 6.92 Å². The third kappa shape index (κ3) is 2.79. The van der Waals surface area contributed by atoms with Crippen molar-refractivity contribution in [2.45, 2.75) is 26.2 Å². The van der Waals surface area contributed by atoms with Gasteiger partial charge in [0.25, 0.3) is 5.91 Å². The maximum atomic E-state index is 12.4. The number of aromatic hydroxyl groups is 2. The Bertz CT molecular complexity index is 571. The van der Waals surface area contributed by atoms with Crippen molar-refractivity contribution in [3.63, 3.8) is 0 Å². The van der Waals surface area contributed by atoms with Crippen molar-refractivity contribution in [3.05, 3.63) is 23.8 Å². The first-order valence-corrected chi connectivity index (χ1v) is 6.94. The molecule has 0 aliphatic carbocycles. The van der Waals surface area contributed by atoms with E-state index in [0.29, 0.717) is 25.8 Å². The number of carbonyl (C=O) groups excluding carboxylic acids is 1. The van der Waals surface area contributed by atoms with Gasteiger partial charge in [0.15, 0.2) is 11.5 Å². The number of carboxylic acids is 1. The molecule has 114 valence electrons. The number of hydrogen-bond acceptors (Lipinski definition) is 4. The largest absolute Gasteiger partial charge is 0.504 e. The third-order valence-electron chi connectivity index (χ3n) is 4.22. The minimum atomic E-state index is -0.896. The molecule has 3 N–H and O–H groups in total. The number of likely N-dealkylation sites (tertiary alicyclic amines) is 1. The number of phenols is 2. The predicted molar refractivity (Wildman–Crippen MR) is 75.3 cm³/mol. The zero-order valence-electron chi connectivity index (χ0n) is 11.9. The van der Waals surface area contributed by atoms with E-state index in [4.69, 9.17) is 0 Å². The molecular formula is C15H19NO5. The monoisotopic (exact) mass is 293 g/mol. The highest BCUT2D eigenvalue weighted by Gasteiger charge is 2.42. The number of carbonyl (C=O) groups is 2. The van der Waals surface area contributed by atoms with Crippen molar-refractivity contribution < 1.29 is 24.9 Å². The average molecular weight is 293 g/mol. The summed E-state index contributed by atoms with van der Waals surface area (Å²) in [7, 11) is 0. The van der Waals surface area contributed by atoms with Gasteiger partial charge in [0.05, 0.1) is 5.41 Å². The highest BCUT2D eigenvalue weighted by atomic mass is 16.4. The third-order valence-corrected chi connectivity index (χ3v) is 4.22. The minimum absolute atomic E-state index is 0.166. The zero-order chi connectivity index (χ0) is 15.6. The van der Waals surface area contributed by atoms with Crippen LogP contribution in [0.4, 0.5) is 0 Å². The van der Waals surface area contributed by atoms with Crippen LogP contribution in [0.3, 0.4) is 0 Å². The fourth-order valence-corrected chi connectivity index (χ4v) is 2.76. The topological polar surface area (TPSA) is 98.1 Å². The van der Waals surface area contributed by atoms with Gasteiger partial charge in [0.1, 0.15) is 0 Å². The molecule has 0 bridgehead atoms. The Labute approximate surface area is 122 Å². The molecule has 1 amide bonds. The predicted octanol–water partition coefficient (Wildman–Crippen LogP) is 1.81. The first kappa shape index (κ1) is 15.2. The number of carboxylic acid groups (broad SMARTS) is 1. The number of piperidine rings is 1. The lowest BCUT2D eigenvalue weighted by Gasteiger charge is -2.39. The van der Waals surface area contributed by atoms with E-state index >= 15 is 0 Å². The Hall–Kier alpha value is -2.24. The molecule has 0 spiro atoms. The van der Waals surface area contributed by atoms with E-state index in [1.807, 2.05) is 6.92 Å². The van der Waals surface area contributed by atoms with E-state index in [1.165, 1.54) is 23.1 Å². The van der Waals surface area contributed by atoms with Crippen molar-refractivity contribution in [3.8, 4) is 11.5 Å². The summed E-state index contributed by atoms with van der Waals surface area (Å²) in [6.07, 6.45) is 1.66. The van der Waals surface area contributed by atoms with E-state index in [9.17, 15) is 24.9 Å². The summed E-state index contributed by atoms with van der Waals surface area (Å²) in [5.41, 5.74) is -0.657. The lowest BCUT2D eigenvalue weighted by Crippen LogP contribution is -2.49. The Kier molecular flexibility index (Phi) is 4.06. The van der Waals surface area contributed by atoms with E-state index in [2.05, 4.69) is 0 Å². The molecule has 0 saturated carbocycles. The lowest BCUT2D eigenvalue weighted by molar-refractivity contribution is -0.152. The quantitative estimate of drug-likeness (QED) is 0.738. The van der Waals surface area contributed by atoms with Gasteiger partial charge in [-0.15, -0.1) is 0 Å². The van der Waals surface area contributed by atoms with Gasteiger partial charge in [-0.05, 0) is 37.5 Å². The van der Waals surface area contributed by atoms with Gasteiger partial charge < -0.3 is 20.2 Å². The highest BCUT2D eigenvalue weighted by Crippen LogP contribution is 2.34. The molecule has 1 aliphatic rings. The van der Waals surface area contributed by atoms with Crippen LogP contribution < -0.4 is 0 Å². The molecule has 1 aliphatic heterocycles. The van der Waals surface area contributed by atoms with Crippen LogP contribution in [-0.4, -0.2) is 45.2 Å². The normalized spacial score (nSPS) is 22.0. The number of benzene rings is 1. The highest BCUT2D eigenvalue weighted by molar-refractivity contribution is 5.95. The molecule has 0 radical (unpaired) electrons. The van der Waals surface area contributed by atoms with Gasteiger partial charge in [0.2, 0.25) is 0 Å². The Morgan fingerprint density at radius 3 is 2.57 bits per heavy atom. The molecular weight excluding hydrogens is 274 g/mol. The molecule has 1 fully saturated rings. The van der Waals surface area contributed by atoms with Crippen molar-refractivity contribution in [2.75, 3.05) is 13.1 Å². The van der Waals surface area contributed by atoms with Gasteiger partial charge in [-0.3, -0.25) is 9.59 Å². The maximum absolute atomic E-state index is 12.4. The van der Waals surface area contributed by atoms with Crippen molar-refractivity contribution >= 4 is 11.9 Å². The SMILES string of the molecule is CCC1(C(=O)O)CCCN(C(=O)c2ccc(O)c(O)c2)C1. The van der Waals surface area contributed by atoms with Crippen LogP contribution in [0.5, 0.6) is 11.5 Å². The Morgan fingerprint density at radius 2 is 2.00 bits per heavy atom. The number of hydrogen-bond donors (Lipinski definition) is 3. The van der Waals surface area contributed by atoms with Gasteiger partial charge in [0, 0.05) is 18.7 Å². The van der Waals surface area contributed by atoms with Crippen LogP contribution in [0.1, 0.15) is 36.5 Å². The van der Waals surface area contributed by atoms with Gasteiger partial charge in [-0.25, -0.2) is 0 Å². The van der Waals surface area contributed by atoms with Crippen LogP contribution in [-0.2, 0) is 4.79 Å². The first-order valence-electron chi connectivity index (χ1n) is 6.94. The lowest BCUT2D eigenvalue weighted by atomic mass is 9.77. The molecule has 1 saturated heterocycles. The molecule has 1 unspecified atom stereocenters. The summed E-state index contributed by atoms with van der Waals surface area (Å²) < 4.78 is 0. The fourth-order valence-electron chi connectivity index (χ4n) is 2.76. The standard InChI is InChI=1S/C15H19NO5/c1-2-15(14(20)21)6-3-7-16(9-15)13(19)10-4-5-11(17)12(18)8-10/h4-5,8,17-18H,2-3,6-7,9H2,1H3,(H,20,21). The maximum Gasteiger partial charge on any atom is 0.311 e. The second kappa shape index (κ2) is 5.63. The number of phenolic OH excluding ortho intramolecular Hbond substituents is 2. The number of rotatable bonds is 3. The second-order valence-electron chi connectivity index (χ2n) is 5.47. The van der Waals surface area contributed by atoms with Crippen LogP contribution in [0.25, 0.3) is 0 Å². The van der Waals surface area contributed by atoms with E-state index in [-0.39, 0.29) is 29.5 Å². The summed E-state index contributed by atoms with van der Waals surface area (Å²) in [4.78, 5) is 25.4. The van der Waals surface area contributed by atoms with Crippen molar-refractivity contribution in [1.29, 1.82) is 0 Å².